The number of ether oxygens (including phenoxy) is 1. The van der Waals surface area contributed by atoms with Gasteiger partial charge in [0.1, 0.15) is 11.5 Å². The number of carbonyl (C=O) groups excluding carboxylic acids is 1. The highest BCUT2D eigenvalue weighted by Gasteiger charge is 2.34. The van der Waals surface area contributed by atoms with Crippen molar-refractivity contribution in [3.05, 3.63) is 46.4 Å². The van der Waals surface area contributed by atoms with Gasteiger partial charge in [0.2, 0.25) is 0 Å². The van der Waals surface area contributed by atoms with Crippen LogP contribution in [0, 0.1) is 0 Å². The first-order valence-corrected chi connectivity index (χ1v) is 13.9. The Bertz CT molecular complexity index is 1410. The SMILES string of the molecule is CN(C(=O)[C@@H]1CCC(n2nc(Nc3ccc4c(c3)CN(C(C)(C)C)S4)c3c(=O)[nH]ccc32)CO1)C(C)(C)C. The summed E-state index contributed by atoms with van der Waals surface area (Å²) < 4.78 is 10.3. The number of hydrogen-bond donors (Lipinski definition) is 2. The summed E-state index contributed by atoms with van der Waals surface area (Å²) in [5.41, 5.74) is 2.50. The summed E-state index contributed by atoms with van der Waals surface area (Å²) in [7, 11) is 1.82. The van der Waals surface area contributed by atoms with Crippen LogP contribution >= 0.6 is 11.9 Å². The molecule has 1 fully saturated rings. The molecule has 1 saturated heterocycles. The lowest BCUT2D eigenvalue weighted by molar-refractivity contribution is -0.151. The molecule has 3 aromatic rings. The van der Waals surface area contributed by atoms with Crippen LogP contribution in [0.3, 0.4) is 0 Å². The van der Waals surface area contributed by atoms with Gasteiger partial charge >= 0.3 is 0 Å². The number of rotatable bonds is 4. The minimum atomic E-state index is -0.463. The van der Waals surface area contributed by atoms with Crippen LogP contribution in [-0.2, 0) is 16.1 Å². The molecule has 9 nitrogen and oxygen atoms in total. The van der Waals surface area contributed by atoms with Crippen molar-refractivity contribution in [1.82, 2.24) is 24.0 Å². The number of H-pyrrole nitrogens is 1. The van der Waals surface area contributed by atoms with E-state index in [-0.39, 0.29) is 28.6 Å². The smallest absolute Gasteiger partial charge is 0.261 e. The van der Waals surface area contributed by atoms with Crippen LogP contribution in [0.1, 0.15) is 66.0 Å². The van der Waals surface area contributed by atoms with Gasteiger partial charge < -0.3 is 19.9 Å². The predicted molar refractivity (Wildman–Crippen MR) is 152 cm³/mol. The van der Waals surface area contributed by atoms with Gasteiger partial charge in [-0.05, 0) is 96.2 Å². The van der Waals surface area contributed by atoms with Gasteiger partial charge in [0, 0.05) is 41.4 Å². The fraction of sp³-hybridized carbons (Fsp3) is 0.536. The first kappa shape index (κ1) is 26.8. The summed E-state index contributed by atoms with van der Waals surface area (Å²) >= 11 is 1.78. The third kappa shape index (κ3) is 5.09. The van der Waals surface area contributed by atoms with Crippen LogP contribution in [0.15, 0.2) is 40.2 Å². The fourth-order valence-corrected chi connectivity index (χ4v) is 5.91. The number of anilines is 2. The standard InChI is InChI=1S/C28H38N6O3S/c1-27(2,3)32(7)26(36)21-10-9-19(16-37-21)34-20-12-13-29-25(35)23(20)24(31-34)30-18-8-11-22-17(14-18)15-33(38-22)28(4,5)6/h8,11-14,19,21H,9-10,15-16H2,1-7H3,(H,29,35)(H,30,31)/t19?,21-/m0/s1. The van der Waals surface area contributed by atoms with Crippen LogP contribution in [0.25, 0.3) is 10.9 Å². The second-order valence-electron chi connectivity index (χ2n) is 12.2. The average Bonchev–Trinajstić information content (AvgIpc) is 3.45. The Labute approximate surface area is 228 Å². The Morgan fingerprint density at radius 3 is 2.61 bits per heavy atom. The minimum Gasteiger partial charge on any atom is -0.366 e. The van der Waals surface area contributed by atoms with E-state index in [1.54, 1.807) is 23.0 Å². The van der Waals surface area contributed by atoms with E-state index in [0.717, 1.165) is 24.2 Å². The molecule has 0 aliphatic carbocycles. The zero-order valence-electron chi connectivity index (χ0n) is 23.3. The highest BCUT2D eigenvalue weighted by molar-refractivity contribution is 7.97. The maximum absolute atomic E-state index is 12.9. The number of fused-ring (bicyclic) bond motifs is 2. The van der Waals surface area contributed by atoms with Crippen LogP contribution in [0.4, 0.5) is 11.5 Å². The van der Waals surface area contributed by atoms with Gasteiger partial charge in [0.15, 0.2) is 5.82 Å². The highest BCUT2D eigenvalue weighted by Crippen LogP contribution is 2.42. The lowest BCUT2D eigenvalue weighted by Crippen LogP contribution is -2.49. The van der Waals surface area contributed by atoms with Gasteiger partial charge in [-0.3, -0.25) is 14.3 Å². The summed E-state index contributed by atoms with van der Waals surface area (Å²) in [5.74, 6) is 0.519. The molecule has 1 amide bonds. The zero-order chi connectivity index (χ0) is 27.4. The van der Waals surface area contributed by atoms with Gasteiger partial charge in [0.05, 0.1) is 18.2 Å². The Morgan fingerprint density at radius 1 is 1.18 bits per heavy atom. The second-order valence-corrected chi connectivity index (χ2v) is 13.3. The van der Waals surface area contributed by atoms with E-state index in [1.165, 1.54) is 10.5 Å². The maximum Gasteiger partial charge on any atom is 0.261 e. The number of pyridine rings is 1. The van der Waals surface area contributed by atoms with Crippen LogP contribution < -0.4 is 10.9 Å². The quantitative estimate of drug-likeness (QED) is 0.448. The Kier molecular flexibility index (Phi) is 6.86. The molecule has 0 radical (unpaired) electrons. The molecule has 0 saturated carbocycles. The Balaban J connectivity index is 1.37. The maximum atomic E-state index is 12.9. The average molecular weight is 539 g/mol. The largest absolute Gasteiger partial charge is 0.366 e. The molecule has 2 aliphatic rings. The number of nitrogens with one attached hydrogen (secondary N) is 2. The van der Waals surface area contributed by atoms with E-state index >= 15 is 0 Å². The number of hydrogen-bond acceptors (Lipinski definition) is 7. The summed E-state index contributed by atoms with van der Waals surface area (Å²) in [5, 5.41) is 8.78. The third-order valence-electron chi connectivity index (χ3n) is 7.43. The van der Waals surface area contributed by atoms with Gasteiger partial charge in [-0.15, -0.1) is 0 Å². The van der Waals surface area contributed by atoms with Gasteiger partial charge in [-0.2, -0.15) is 5.10 Å². The van der Waals surface area contributed by atoms with E-state index < -0.39 is 6.10 Å². The molecular formula is C28H38N6O3S. The van der Waals surface area contributed by atoms with Crippen molar-refractivity contribution in [1.29, 1.82) is 0 Å². The molecule has 4 heterocycles. The van der Waals surface area contributed by atoms with Gasteiger partial charge in [-0.1, -0.05) is 0 Å². The first-order chi connectivity index (χ1) is 17.8. The molecule has 5 rings (SSSR count). The first-order valence-electron chi connectivity index (χ1n) is 13.2. The van der Waals surface area contributed by atoms with Gasteiger partial charge in [-0.25, -0.2) is 4.31 Å². The number of amides is 1. The Hall–Kier alpha value is -2.82. The van der Waals surface area contributed by atoms with Crippen molar-refractivity contribution in [2.24, 2.45) is 0 Å². The molecule has 0 bridgehead atoms. The minimum absolute atomic E-state index is 0.000118. The zero-order valence-corrected chi connectivity index (χ0v) is 24.1. The number of carbonyl (C=O) groups is 1. The van der Waals surface area contributed by atoms with Crippen molar-refractivity contribution < 1.29 is 9.53 Å². The molecule has 204 valence electrons. The van der Waals surface area contributed by atoms with Crippen molar-refractivity contribution in [3.8, 4) is 0 Å². The summed E-state index contributed by atoms with van der Waals surface area (Å²) in [6.07, 6.45) is 2.52. The molecule has 2 aliphatic heterocycles. The third-order valence-corrected chi connectivity index (χ3v) is 8.93. The Morgan fingerprint density at radius 2 is 1.95 bits per heavy atom. The van der Waals surface area contributed by atoms with Gasteiger partial charge in [0.25, 0.3) is 11.5 Å². The van der Waals surface area contributed by atoms with E-state index in [1.807, 2.05) is 44.6 Å². The molecule has 2 atom stereocenters. The lowest BCUT2D eigenvalue weighted by Gasteiger charge is -2.37. The van der Waals surface area contributed by atoms with E-state index in [4.69, 9.17) is 9.84 Å². The summed E-state index contributed by atoms with van der Waals surface area (Å²) in [6, 6.07) is 8.10. The van der Waals surface area contributed by atoms with Crippen LogP contribution in [0.2, 0.25) is 0 Å². The molecule has 10 heteroatoms. The molecule has 0 spiro atoms. The predicted octanol–water partition coefficient (Wildman–Crippen LogP) is 5.07. The van der Waals surface area contributed by atoms with Crippen molar-refractivity contribution in [3.63, 3.8) is 0 Å². The lowest BCUT2D eigenvalue weighted by atomic mass is 10.0. The summed E-state index contributed by atoms with van der Waals surface area (Å²) in [6.45, 7) is 13.9. The van der Waals surface area contributed by atoms with Crippen molar-refractivity contribution >= 4 is 40.3 Å². The van der Waals surface area contributed by atoms with Crippen LogP contribution in [-0.4, -0.2) is 60.7 Å². The molecule has 2 aromatic heterocycles. The van der Waals surface area contributed by atoms with E-state index in [2.05, 4.69) is 47.5 Å². The topological polar surface area (TPSA) is 95.5 Å². The van der Waals surface area contributed by atoms with E-state index in [9.17, 15) is 9.59 Å². The second kappa shape index (κ2) is 9.73. The number of nitrogens with zero attached hydrogens (tertiary/aromatic N) is 4. The molecule has 1 unspecified atom stereocenters. The molecule has 38 heavy (non-hydrogen) atoms. The fourth-order valence-electron chi connectivity index (χ4n) is 4.82. The number of benzene rings is 1. The number of aromatic nitrogens is 3. The normalized spacial score (nSPS) is 20.5. The number of likely N-dealkylation sites (N-methyl/N-ethyl adjacent to an activating group) is 1. The summed E-state index contributed by atoms with van der Waals surface area (Å²) in [4.78, 5) is 31.6. The van der Waals surface area contributed by atoms with E-state index in [0.29, 0.717) is 24.2 Å². The number of aromatic amines is 1. The van der Waals surface area contributed by atoms with Crippen molar-refractivity contribution in [2.45, 2.75) is 89.0 Å². The monoisotopic (exact) mass is 538 g/mol. The molecular weight excluding hydrogens is 500 g/mol. The highest BCUT2D eigenvalue weighted by atomic mass is 32.2. The molecule has 2 N–H and O–H groups in total. The van der Waals surface area contributed by atoms with Crippen LogP contribution in [0.5, 0.6) is 0 Å². The van der Waals surface area contributed by atoms with Crippen molar-refractivity contribution in [2.75, 3.05) is 19.0 Å². The molecule has 1 aromatic carbocycles.